The van der Waals surface area contributed by atoms with Crippen LogP contribution in [0.25, 0.3) is 0 Å². The quantitative estimate of drug-likeness (QED) is 0.860. The van der Waals surface area contributed by atoms with E-state index in [-0.39, 0.29) is 0 Å². The summed E-state index contributed by atoms with van der Waals surface area (Å²) in [7, 11) is 0. The molecule has 1 aromatic heterocycles. The Labute approximate surface area is 119 Å². The SMILES string of the molecule is Cc1nnc(CN2C[C@@H](c3ccccc3C)C[C@H]2C)o1. The minimum Gasteiger partial charge on any atom is -0.424 e. The highest BCUT2D eigenvalue weighted by Crippen LogP contribution is 2.33. The van der Waals surface area contributed by atoms with E-state index in [1.165, 1.54) is 17.5 Å². The fraction of sp³-hybridized carbons (Fsp3) is 0.500. The van der Waals surface area contributed by atoms with Crippen LogP contribution in [0.1, 0.15) is 42.2 Å². The summed E-state index contributed by atoms with van der Waals surface area (Å²) in [4.78, 5) is 2.43. The number of hydrogen-bond donors (Lipinski definition) is 0. The molecule has 1 saturated heterocycles. The number of aryl methyl sites for hydroxylation is 2. The van der Waals surface area contributed by atoms with Crippen LogP contribution in [0, 0.1) is 13.8 Å². The van der Waals surface area contributed by atoms with Gasteiger partial charge in [-0.1, -0.05) is 24.3 Å². The second kappa shape index (κ2) is 5.37. The second-order valence-corrected chi connectivity index (χ2v) is 5.78. The summed E-state index contributed by atoms with van der Waals surface area (Å²) in [6, 6.07) is 9.25. The van der Waals surface area contributed by atoms with Gasteiger partial charge in [-0.25, -0.2) is 0 Å². The van der Waals surface area contributed by atoms with Crippen molar-refractivity contribution >= 4 is 0 Å². The first-order valence-corrected chi connectivity index (χ1v) is 7.22. The lowest BCUT2D eigenvalue weighted by Crippen LogP contribution is -2.26. The summed E-state index contributed by atoms with van der Waals surface area (Å²) in [5.41, 5.74) is 2.86. The molecule has 4 nitrogen and oxygen atoms in total. The Balaban J connectivity index is 1.72. The Hall–Kier alpha value is -1.68. The number of aromatic nitrogens is 2. The van der Waals surface area contributed by atoms with E-state index in [1.807, 2.05) is 6.92 Å². The predicted molar refractivity (Wildman–Crippen MR) is 77.4 cm³/mol. The van der Waals surface area contributed by atoms with Gasteiger partial charge in [-0.15, -0.1) is 10.2 Å². The molecule has 1 aliphatic heterocycles. The molecule has 1 fully saturated rings. The fourth-order valence-electron chi connectivity index (χ4n) is 3.16. The molecule has 1 aromatic carbocycles. The molecule has 0 aliphatic carbocycles. The first-order chi connectivity index (χ1) is 9.63. The Morgan fingerprint density at radius 3 is 2.75 bits per heavy atom. The zero-order chi connectivity index (χ0) is 14.1. The summed E-state index contributed by atoms with van der Waals surface area (Å²) in [5, 5.41) is 8.00. The van der Waals surface area contributed by atoms with Crippen molar-refractivity contribution < 1.29 is 4.42 Å². The number of rotatable bonds is 3. The molecule has 0 spiro atoms. The van der Waals surface area contributed by atoms with Gasteiger partial charge in [0, 0.05) is 19.5 Å². The highest BCUT2D eigenvalue weighted by molar-refractivity contribution is 5.30. The molecule has 4 heteroatoms. The summed E-state index contributed by atoms with van der Waals surface area (Å²) in [6.07, 6.45) is 1.19. The Bertz CT molecular complexity index is 593. The molecule has 0 N–H and O–H groups in total. The predicted octanol–water partition coefficient (Wildman–Crippen LogP) is 3.06. The molecule has 0 unspecified atom stereocenters. The van der Waals surface area contributed by atoms with Gasteiger partial charge < -0.3 is 4.42 Å². The molecule has 1 aliphatic rings. The van der Waals surface area contributed by atoms with Crippen LogP contribution in [-0.2, 0) is 6.54 Å². The van der Waals surface area contributed by atoms with Crippen molar-refractivity contribution in [1.82, 2.24) is 15.1 Å². The van der Waals surface area contributed by atoms with Crippen molar-refractivity contribution in [3.8, 4) is 0 Å². The molecule has 2 heterocycles. The highest BCUT2D eigenvalue weighted by atomic mass is 16.4. The average molecular weight is 271 g/mol. The van der Waals surface area contributed by atoms with Gasteiger partial charge in [-0.05, 0) is 37.3 Å². The monoisotopic (exact) mass is 271 g/mol. The maximum atomic E-state index is 5.49. The van der Waals surface area contributed by atoms with Gasteiger partial charge in [0.2, 0.25) is 11.8 Å². The third-order valence-corrected chi connectivity index (χ3v) is 4.24. The third-order valence-electron chi connectivity index (χ3n) is 4.24. The zero-order valence-electron chi connectivity index (χ0n) is 12.3. The summed E-state index contributed by atoms with van der Waals surface area (Å²) in [5.74, 6) is 1.97. The molecule has 0 bridgehead atoms. The van der Waals surface area contributed by atoms with Crippen molar-refractivity contribution in [2.24, 2.45) is 0 Å². The van der Waals surface area contributed by atoms with E-state index in [1.54, 1.807) is 0 Å². The number of nitrogens with zero attached hydrogens (tertiary/aromatic N) is 3. The van der Waals surface area contributed by atoms with Gasteiger partial charge in [-0.2, -0.15) is 0 Å². The van der Waals surface area contributed by atoms with E-state index in [0.29, 0.717) is 17.9 Å². The normalized spacial score (nSPS) is 23.4. The molecule has 2 atom stereocenters. The fourth-order valence-corrected chi connectivity index (χ4v) is 3.16. The van der Waals surface area contributed by atoms with Crippen molar-refractivity contribution in [1.29, 1.82) is 0 Å². The molecule has 0 amide bonds. The van der Waals surface area contributed by atoms with Crippen LogP contribution in [0.15, 0.2) is 28.7 Å². The van der Waals surface area contributed by atoms with E-state index in [4.69, 9.17) is 4.42 Å². The molecular weight excluding hydrogens is 250 g/mol. The van der Waals surface area contributed by atoms with Crippen LogP contribution in [0.3, 0.4) is 0 Å². The summed E-state index contributed by atoms with van der Waals surface area (Å²) >= 11 is 0. The van der Waals surface area contributed by atoms with Crippen LogP contribution in [0.2, 0.25) is 0 Å². The second-order valence-electron chi connectivity index (χ2n) is 5.78. The number of likely N-dealkylation sites (tertiary alicyclic amines) is 1. The number of hydrogen-bond acceptors (Lipinski definition) is 4. The summed E-state index contributed by atoms with van der Waals surface area (Å²) < 4.78 is 5.49. The standard InChI is InChI=1S/C16H21N3O/c1-11-6-4-5-7-15(11)14-8-12(2)19(9-14)10-16-18-17-13(3)20-16/h4-7,12,14H,8-10H2,1-3H3/t12-,14+/m1/s1. The van der Waals surface area contributed by atoms with Crippen molar-refractivity contribution in [2.75, 3.05) is 6.54 Å². The van der Waals surface area contributed by atoms with Gasteiger partial charge in [-0.3, -0.25) is 4.90 Å². The largest absolute Gasteiger partial charge is 0.424 e. The van der Waals surface area contributed by atoms with Crippen LogP contribution in [0.5, 0.6) is 0 Å². The zero-order valence-corrected chi connectivity index (χ0v) is 12.3. The van der Waals surface area contributed by atoms with E-state index in [0.717, 1.165) is 19.0 Å². The smallest absolute Gasteiger partial charge is 0.230 e. The minimum absolute atomic E-state index is 0.548. The maximum absolute atomic E-state index is 5.49. The molecule has 0 saturated carbocycles. The molecule has 0 radical (unpaired) electrons. The molecule has 106 valence electrons. The van der Waals surface area contributed by atoms with Gasteiger partial charge >= 0.3 is 0 Å². The lowest BCUT2D eigenvalue weighted by atomic mass is 9.93. The van der Waals surface area contributed by atoms with Crippen molar-refractivity contribution in [3.05, 3.63) is 47.2 Å². The van der Waals surface area contributed by atoms with Crippen LogP contribution in [0.4, 0.5) is 0 Å². The molecular formula is C16H21N3O. The Kier molecular flexibility index (Phi) is 3.57. The van der Waals surface area contributed by atoms with Crippen molar-refractivity contribution in [2.45, 2.75) is 45.7 Å². The topological polar surface area (TPSA) is 42.2 Å². The van der Waals surface area contributed by atoms with Crippen LogP contribution >= 0.6 is 0 Å². The van der Waals surface area contributed by atoms with E-state index in [9.17, 15) is 0 Å². The molecule has 20 heavy (non-hydrogen) atoms. The average Bonchev–Trinajstić information content (AvgIpc) is 2.98. The van der Waals surface area contributed by atoms with Crippen LogP contribution in [-0.4, -0.2) is 27.7 Å². The van der Waals surface area contributed by atoms with Gasteiger partial charge in [0.25, 0.3) is 0 Å². The lowest BCUT2D eigenvalue weighted by Gasteiger charge is -2.18. The van der Waals surface area contributed by atoms with Gasteiger partial charge in [0.15, 0.2) is 0 Å². The Morgan fingerprint density at radius 1 is 1.25 bits per heavy atom. The van der Waals surface area contributed by atoms with E-state index < -0.39 is 0 Å². The van der Waals surface area contributed by atoms with E-state index in [2.05, 4.69) is 53.2 Å². The highest BCUT2D eigenvalue weighted by Gasteiger charge is 2.31. The first kappa shape index (κ1) is 13.3. The lowest BCUT2D eigenvalue weighted by molar-refractivity contribution is 0.231. The third kappa shape index (κ3) is 2.61. The number of benzene rings is 1. The minimum atomic E-state index is 0.548. The molecule has 2 aromatic rings. The molecule has 3 rings (SSSR count). The maximum Gasteiger partial charge on any atom is 0.230 e. The van der Waals surface area contributed by atoms with Crippen LogP contribution < -0.4 is 0 Å². The summed E-state index contributed by atoms with van der Waals surface area (Å²) in [6.45, 7) is 8.13. The van der Waals surface area contributed by atoms with Crippen molar-refractivity contribution in [3.63, 3.8) is 0 Å². The Morgan fingerprint density at radius 2 is 2.05 bits per heavy atom. The van der Waals surface area contributed by atoms with E-state index >= 15 is 0 Å². The van der Waals surface area contributed by atoms with Gasteiger partial charge in [0.1, 0.15) is 0 Å². The first-order valence-electron chi connectivity index (χ1n) is 7.22. The van der Waals surface area contributed by atoms with Gasteiger partial charge in [0.05, 0.1) is 6.54 Å².